The first-order valence-electron chi connectivity index (χ1n) is 7.91. The van der Waals surface area contributed by atoms with Gasteiger partial charge in [-0.15, -0.1) is 13.2 Å². The van der Waals surface area contributed by atoms with Crippen LogP contribution in [0.5, 0.6) is 11.5 Å². The molecule has 0 aliphatic carbocycles. The number of carbonyl (C=O) groups is 1. The number of alkyl halides is 3. The van der Waals surface area contributed by atoms with Gasteiger partial charge in [-0.3, -0.25) is 4.79 Å². The summed E-state index contributed by atoms with van der Waals surface area (Å²) in [5.74, 6) is 4.13. The number of nitrogens with one attached hydrogen (secondary N) is 1. The van der Waals surface area contributed by atoms with Gasteiger partial charge in [0, 0.05) is 0 Å². The summed E-state index contributed by atoms with van der Waals surface area (Å²) >= 11 is 0. The first-order valence-corrected chi connectivity index (χ1v) is 9.39. The molecule has 29 heavy (non-hydrogen) atoms. The van der Waals surface area contributed by atoms with Crippen LogP contribution >= 0.6 is 0 Å². The van der Waals surface area contributed by atoms with E-state index in [4.69, 9.17) is 10.5 Å². The normalized spacial score (nSPS) is 11.3. The molecule has 0 bridgehead atoms. The standard InChI is InChI=1S/C18H15F3N2O5S/c19-18(20,21)28-13-7-9-14(10-8-13)29(25,26)23-11-3-4-12-27-16-6-2-1-5-15(16)17(22)24/h1-2,5-10,23H,11-12H2,(H2,22,24). The van der Waals surface area contributed by atoms with Crippen LogP contribution < -0.4 is 19.9 Å². The molecule has 0 aliphatic heterocycles. The molecule has 0 unspecified atom stereocenters. The summed E-state index contributed by atoms with van der Waals surface area (Å²) in [6.45, 7) is -0.376. The first kappa shape index (κ1) is 22.1. The second-order valence-electron chi connectivity index (χ2n) is 5.35. The predicted octanol–water partition coefficient (Wildman–Crippen LogP) is 2.04. The van der Waals surface area contributed by atoms with Gasteiger partial charge in [-0.25, -0.2) is 8.42 Å². The number of para-hydroxylation sites is 1. The smallest absolute Gasteiger partial charge is 0.480 e. The fraction of sp³-hybridized carbons (Fsp3) is 0.167. The van der Waals surface area contributed by atoms with Gasteiger partial charge >= 0.3 is 6.36 Å². The number of hydrogen-bond donors (Lipinski definition) is 2. The summed E-state index contributed by atoms with van der Waals surface area (Å²) in [6.07, 6.45) is -4.87. The van der Waals surface area contributed by atoms with E-state index in [1.54, 1.807) is 12.1 Å². The van der Waals surface area contributed by atoms with Gasteiger partial charge in [-0.2, -0.15) is 4.72 Å². The molecule has 0 radical (unpaired) electrons. The van der Waals surface area contributed by atoms with Crippen LogP contribution in [0.1, 0.15) is 10.4 Å². The van der Waals surface area contributed by atoms with E-state index >= 15 is 0 Å². The van der Waals surface area contributed by atoms with Crippen LogP contribution in [-0.2, 0) is 10.0 Å². The van der Waals surface area contributed by atoms with Gasteiger partial charge in [0.1, 0.15) is 18.1 Å². The minimum Gasteiger partial charge on any atom is -0.480 e. The number of amides is 1. The van der Waals surface area contributed by atoms with Crippen molar-refractivity contribution in [2.45, 2.75) is 11.3 Å². The second kappa shape index (κ2) is 9.31. The van der Waals surface area contributed by atoms with E-state index in [1.165, 1.54) is 12.1 Å². The highest BCUT2D eigenvalue weighted by Crippen LogP contribution is 2.23. The van der Waals surface area contributed by atoms with Crippen LogP contribution in [0.4, 0.5) is 13.2 Å². The Balaban J connectivity index is 1.88. The highest BCUT2D eigenvalue weighted by Gasteiger charge is 2.31. The molecule has 11 heteroatoms. The lowest BCUT2D eigenvalue weighted by atomic mass is 10.2. The Hall–Kier alpha value is -3.23. The van der Waals surface area contributed by atoms with Crippen LogP contribution in [0.2, 0.25) is 0 Å². The van der Waals surface area contributed by atoms with E-state index in [1.807, 2.05) is 0 Å². The van der Waals surface area contributed by atoms with E-state index < -0.39 is 28.0 Å². The number of sulfonamides is 1. The van der Waals surface area contributed by atoms with Crippen LogP contribution in [0.15, 0.2) is 53.4 Å². The van der Waals surface area contributed by atoms with Crippen molar-refractivity contribution in [2.24, 2.45) is 5.73 Å². The maximum absolute atomic E-state index is 12.1. The molecule has 2 rings (SSSR count). The monoisotopic (exact) mass is 428 g/mol. The molecule has 0 atom stereocenters. The fourth-order valence-electron chi connectivity index (χ4n) is 2.06. The minimum atomic E-state index is -4.87. The summed E-state index contributed by atoms with van der Waals surface area (Å²) in [7, 11) is -3.97. The number of hydrogen-bond acceptors (Lipinski definition) is 5. The lowest BCUT2D eigenvalue weighted by Gasteiger charge is -2.09. The molecular formula is C18H15F3N2O5S. The molecule has 0 heterocycles. The molecule has 0 saturated heterocycles. The zero-order chi connectivity index (χ0) is 21.5. The largest absolute Gasteiger partial charge is 0.573 e. The molecule has 0 fully saturated rings. The second-order valence-corrected chi connectivity index (χ2v) is 7.11. The number of benzene rings is 2. The average Bonchev–Trinajstić information content (AvgIpc) is 2.64. The van der Waals surface area contributed by atoms with Crippen LogP contribution in [0.25, 0.3) is 0 Å². The Morgan fingerprint density at radius 2 is 1.72 bits per heavy atom. The molecule has 2 aromatic rings. The van der Waals surface area contributed by atoms with E-state index in [0.717, 1.165) is 24.3 Å². The fourth-order valence-corrected chi connectivity index (χ4v) is 2.98. The summed E-state index contributed by atoms with van der Waals surface area (Å²) in [4.78, 5) is 11.0. The van der Waals surface area contributed by atoms with Crippen molar-refractivity contribution >= 4 is 15.9 Å². The molecule has 0 saturated carbocycles. The number of halogens is 3. The minimum absolute atomic E-state index is 0.116. The van der Waals surface area contributed by atoms with Gasteiger partial charge in [-0.1, -0.05) is 24.0 Å². The summed E-state index contributed by atoms with van der Waals surface area (Å²) in [6, 6.07) is 10.0. The van der Waals surface area contributed by atoms with Gasteiger partial charge in [0.25, 0.3) is 5.91 Å². The van der Waals surface area contributed by atoms with Gasteiger partial charge in [0.2, 0.25) is 10.0 Å². The molecule has 0 spiro atoms. The Labute approximate surface area is 164 Å². The Bertz CT molecular complexity index is 1030. The Morgan fingerprint density at radius 1 is 1.07 bits per heavy atom. The summed E-state index contributed by atoms with van der Waals surface area (Å²) in [5, 5.41) is 0. The van der Waals surface area contributed by atoms with E-state index in [-0.39, 0.29) is 29.4 Å². The van der Waals surface area contributed by atoms with Crippen molar-refractivity contribution in [1.82, 2.24) is 4.72 Å². The van der Waals surface area contributed by atoms with Crippen LogP contribution in [0, 0.1) is 11.8 Å². The van der Waals surface area contributed by atoms with Crippen molar-refractivity contribution in [3.8, 4) is 23.3 Å². The zero-order valence-corrected chi connectivity index (χ0v) is 15.5. The lowest BCUT2D eigenvalue weighted by molar-refractivity contribution is -0.274. The molecule has 0 aliphatic rings. The topological polar surface area (TPSA) is 108 Å². The molecule has 2 aromatic carbocycles. The zero-order valence-electron chi connectivity index (χ0n) is 14.7. The SMILES string of the molecule is NC(=O)c1ccccc1OCC#CCNS(=O)(=O)c1ccc(OC(F)(F)F)cc1. The van der Waals surface area contributed by atoms with Crippen molar-refractivity contribution in [3.63, 3.8) is 0 Å². The Kier molecular flexibility index (Phi) is 7.08. The predicted molar refractivity (Wildman–Crippen MR) is 96.5 cm³/mol. The van der Waals surface area contributed by atoms with Crippen molar-refractivity contribution in [3.05, 3.63) is 54.1 Å². The quantitative estimate of drug-likeness (QED) is 0.657. The van der Waals surface area contributed by atoms with Gasteiger partial charge in [0.05, 0.1) is 17.0 Å². The van der Waals surface area contributed by atoms with Gasteiger partial charge in [-0.05, 0) is 36.4 Å². The third-order valence-electron chi connectivity index (χ3n) is 3.30. The molecule has 154 valence electrons. The highest BCUT2D eigenvalue weighted by molar-refractivity contribution is 7.89. The molecular weight excluding hydrogens is 413 g/mol. The van der Waals surface area contributed by atoms with Crippen molar-refractivity contribution in [1.29, 1.82) is 0 Å². The maximum Gasteiger partial charge on any atom is 0.573 e. The summed E-state index contributed by atoms with van der Waals surface area (Å²) in [5.41, 5.74) is 5.40. The third-order valence-corrected chi connectivity index (χ3v) is 4.71. The number of ether oxygens (including phenoxy) is 2. The van der Waals surface area contributed by atoms with E-state index in [2.05, 4.69) is 21.3 Å². The van der Waals surface area contributed by atoms with Crippen molar-refractivity contribution < 1.29 is 35.9 Å². The number of rotatable bonds is 7. The molecule has 0 aromatic heterocycles. The summed E-state index contributed by atoms with van der Waals surface area (Å²) < 4.78 is 71.7. The first-order chi connectivity index (χ1) is 13.6. The Morgan fingerprint density at radius 3 is 2.34 bits per heavy atom. The average molecular weight is 428 g/mol. The number of nitrogens with two attached hydrogens (primary N) is 1. The number of carbonyl (C=O) groups excluding carboxylic acids is 1. The third kappa shape index (κ3) is 7.02. The highest BCUT2D eigenvalue weighted by atomic mass is 32.2. The lowest BCUT2D eigenvalue weighted by Crippen LogP contribution is -2.24. The molecule has 1 amide bonds. The van der Waals surface area contributed by atoms with Crippen LogP contribution in [-0.4, -0.2) is 33.8 Å². The molecule has 7 nitrogen and oxygen atoms in total. The number of primary amides is 1. The van der Waals surface area contributed by atoms with Crippen molar-refractivity contribution in [2.75, 3.05) is 13.2 Å². The van der Waals surface area contributed by atoms with E-state index in [9.17, 15) is 26.4 Å². The maximum atomic E-state index is 12.1. The van der Waals surface area contributed by atoms with Gasteiger partial charge in [0.15, 0.2) is 0 Å². The molecule has 3 N–H and O–H groups in total. The van der Waals surface area contributed by atoms with Crippen LogP contribution in [0.3, 0.4) is 0 Å². The van der Waals surface area contributed by atoms with E-state index in [0.29, 0.717) is 0 Å². The van der Waals surface area contributed by atoms with Gasteiger partial charge < -0.3 is 15.2 Å².